The van der Waals surface area contributed by atoms with Gasteiger partial charge in [-0.15, -0.1) is 0 Å². The fourth-order valence-corrected chi connectivity index (χ4v) is 2.26. The van der Waals surface area contributed by atoms with E-state index < -0.39 is 0 Å². The summed E-state index contributed by atoms with van der Waals surface area (Å²) < 4.78 is 0. The van der Waals surface area contributed by atoms with Gasteiger partial charge in [-0.05, 0) is 49.2 Å². The molecule has 0 aliphatic carbocycles. The molecule has 0 radical (unpaired) electrons. The van der Waals surface area contributed by atoms with E-state index in [2.05, 4.69) is 41.9 Å². The van der Waals surface area contributed by atoms with Crippen LogP contribution in [0.4, 0.5) is 11.5 Å². The second-order valence-electron chi connectivity index (χ2n) is 4.87. The van der Waals surface area contributed by atoms with Crippen molar-refractivity contribution >= 4 is 23.1 Å². The maximum atomic E-state index is 6.15. The van der Waals surface area contributed by atoms with E-state index in [1.54, 1.807) is 12.1 Å². The van der Waals surface area contributed by atoms with Crippen molar-refractivity contribution in [3.8, 4) is 0 Å². The number of nitrogens with two attached hydrogens (primary N) is 1. The summed E-state index contributed by atoms with van der Waals surface area (Å²) >= 11 is 6.15. The lowest BCUT2D eigenvalue weighted by molar-refractivity contribution is 0.886. The van der Waals surface area contributed by atoms with E-state index in [-0.39, 0.29) is 0 Å². The fourth-order valence-electron chi connectivity index (χ4n) is 2.10. The molecule has 0 atom stereocenters. The molecule has 3 nitrogen and oxygen atoms in total. The minimum Gasteiger partial charge on any atom is -0.384 e. The molecule has 4 heteroatoms. The molecule has 0 amide bonds. The second kappa shape index (κ2) is 5.49. The van der Waals surface area contributed by atoms with Gasteiger partial charge in [-0.2, -0.15) is 0 Å². The van der Waals surface area contributed by atoms with Gasteiger partial charge < -0.3 is 10.6 Å². The Bertz CT molecular complexity index is 576. The number of hydrogen-bond acceptors (Lipinski definition) is 3. The van der Waals surface area contributed by atoms with Crippen LogP contribution in [0.2, 0.25) is 5.02 Å². The van der Waals surface area contributed by atoms with Crippen molar-refractivity contribution in [2.24, 2.45) is 0 Å². The quantitative estimate of drug-likeness (QED) is 0.931. The van der Waals surface area contributed by atoms with Crippen molar-refractivity contribution < 1.29 is 0 Å². The van der Waals surface area contributed by atoms with Gasteiger partial charge in [0.1, 0.15) is 5.82 Å². The summed E-state index contributed by atoms with van der Waals surface area (Å²) in [6, 6.07) is 9.95. The van der Waals surface area contributed by atoms with Crippen molar-refractivity contribution in [3.63, 3.8) is 0 Å². The van der Waals surface area contributed by atoms with Crippen molar-refractivity contribution in [3.05, 3.63) is 52.2 Å². The number of nitrogen functional groups attached to an aromatic ring is 1. The Labute approximate surface area is 119 Å². The van der Waals surface area contributed by atoms with Crippen molar-refractivity contribution in [2.45, 2.75) is 20.4 Å². The molecule has 0 spiro atoms. The fraction of sp³-hybridized carbons (Fsp3) is 0.267. The van der Waals surface area contributed by atoms with E-state index in [1.807, 2.05) is 7.05 Å². The number of benzene rings is 1. The van der Waals surface area contributed by atoms with Gasteiger partial charge >= 0.3 is 0 Å². The molecule has 19 heavy (non-hydrogen) atoms. The SMILES string of the molecule is Cc1cc(C)cc(N(C)Cc2nc(N)ccc2Cl)c1. The van der Waals surface area contributed by atoms with Gasteiger partial charge in [-0.25, -0.2) is 4.98 Å². The molecule has 1 aromatic heterocycles. The van der Waals surface area contributed by atoms with Gasteiger partial charge in [-0.3, -0.25) is 0 Å². The third-order valence-electron chi connectivity index (χ3n) is 2.97. The number of anilines is 2. The van der Waals surface area contributed by atoms with E-state index in [0.717, 1.165) is 11.4 Å². The zero-order valence-electron chi connectivity index (χ0n) is 11.4. The van der Waals surface area contributed by atoms with E-state index in [0.29, 0.717) is 17.4 Å². The Morgan fingerprint density at radius 3 is 2.42 bits per heavy atom. The van der Waals surface area contributed by atoms with Gasteiger partial charge in [0.25, 0.3) is 0 Å². The molecule has 100 valence electrons. The maximum Gasteiger partial charge on any atom is 0.123 e. The molecule has 1 aromatic carbocycles. The molecule has 0 unspecified atom stereocenters. The van der Waals surface area contributed by atoms with Crippen LogP contribution in [0.5, 0.6) is 0 Å². The summed E-state index contributed by atoms with van der Waals surface area (Å²) in [5.74, 6) is 0.494. The summed E-state index contributed by atoms with van der Waals surface area (Å²) in [5.41, 5.74) is 10.1. The Morgan fingerprint density at radius 2 is 1.79 bits per heavy atom. The standard InChI is InChI=1S/C15H18ClN3/c1-10-6-11(2)8-12(7-10)19(3)9-14-13(16)4-5-15(17)18-14/h4-8H,9H2,1-3H3,(H2,17,18). The summed E-state index contributed by atoms with van der Waals surface area (Å²) in [6.45, 7) is 4.82. The van der Waals surface area contributed by atoms with E-state index in [9.17, 15) is 0 Å². The Hall–Kier alpha value is -1.74. The van der Waals surface area contributed by atoms with Crippen LogP contribution in [0.3, 0.4) is 0 Å². The second-order valence-corrected chi connectivity index (χ2v) is 5.27. The summed E-state index contributed by atoms with van der Waals surface area (Å²) in [4.78, 5) is 6.41. The lowest BCUT2D eigenvalue weighted by atomic mass is 10.1. The third-order valence-corrected chi connectivity index (χ3v) is 3.32. The monoisotopic (exact) mass is 275 g/mol. The van der Waals surface area contributed by atoms with Crippen LogP contribution in [0, 0.1) is 13.8 Å². The molecular formula is C15H18ClN3. The molecular weight excluding hydrogens is 258 g/mol. The molecule has 0 saturated heterocycles. The summed E-state index contributed by atoms with van der Waals surface area (Å²) in [6.07, 6.45) is 0. The minimum absolute atomic E-state index is 0.494. The molecule has 0 fully saturated rings. The molecule has 0 aliphatic rings. The van der Waals surface area contributed by atoms with Crippen LogP contribution >= 0.6 is 11.6 Å². The number of pyridine rings is 1. The van der Waals surface area contributed by atoms with Crippen LogP contribution in [0.15, 0.2) is 30.3 Å². The lowest BCUT2D eigenvalue weighted by Crippen LogP contribution is -2.18. The number of hydrogen-bond donors (Lipinski definition) is 1. The normalized spacial score (nSPS) is 10.5. The predicted octanol–water partition coefficient (Wildman–Crippen LogP) is 3.57. The Kier molecular flexibility index (Phi) is 3.96. The molecule has 0 aliphatic heterocycles. The first-order chi connectivity index (χ1) is 8.95. The largest absolute Gasteiger partial charge is 0.384 e. The average molecular weight is 276 g/mol. The van der Waals surface area contributed by atoms with Crippen molar-refractivity contribution in [1.29, 1.82) is 0 Å². The van der Waals surface area contributed by atoms with Gasteiger partial charge in [0, 0.05) is 12.7 Å². The van der Waals surface area contributed by atoms with Crippen LogP contribution in [-0.2, 0) is 6.54 Å². The number of nitrogens with zero attached hydrogens (tertiary/aromatic N) is 2. The lowest BCUT2D eigenvalue weighted by Gasteiger charge is -2.20. The van der Waals surface area contributed by atoms with Crippen LogP contribution in [-0.4, -0.2) is 12.0 Å². The zero-order valence-corrected chi connectivity index (χ0v) is 12.2. The maximum absolute atomic E-state index is 6.15. The molecule has 0 saturated carbocycles. The molecule has 0 bridgehead atoms. The topological polar surface area (TPSA) is 42.2 Å². The first-order valence-electron chi connectivity index (χ1n) is 6.16. The molecule has 2 rings (SSSR count). The summed E-state index contributed by atoms with van der Waals surface area (Å²) in [5, 5.41) is 0.644. The predicted molar refractivity (Wildman–Crippen MR) is 81.7 cm³/mol. The number of aryl methyl sites for hydroxylation is 2. The van der Waals surface area contributed by atoms with Gasteiger partial charge in [-0.1, -0.05) is 17.7 Å². The summed E-state index contributed by atoms with van der Waals surface area (Å²) in [7, 11) is 2.02. The first kappa shape index (κ1) is 13.7. The molecule has 2 N–H and O–H groups in total. The highest BCUT2D eigenvalue weighted by Crippen LogP contribution is 2.22. The highest BCUT2D eigenvalue weighted by atomic mass is 35.5. The average Bonchev–Trinajstić information content (AvgIpc) is 2.32. The number of halogens is 1. The highest BCUT2D eigenvalue weighted by molar-refractivity contribution is 6.31. The van der Waals surface area contributed by atoms with Gasteiger partial charge in [0.2, 0.25) is 0 Å². The van der Waals surface area contributed by atoms with E-state index in [1.165, 1.54) is 11.1 Å². The Morgan fingerprint density at radius 1 is 1.16 bits per heavy atom. The van der Waals surface area contributed by atoms with Crippen LogP contribution in [0.25, 0.3) is 0 Å². The van der Waals surface area contributed by atoms with Gasteiger partial charge in [0.05, 0.1) is 17.3 Å². The Balaban J connectivity index is 2.25. The van der Waals surface area contributed by atoms with Crippen LogP contribution in [0.1, 0.15) is 16.8 Å². The number of rotatable bonds is 3. The highest BCUT2D eigenvalue weighted by Gasteiger charge is 2.08. The zero-order chi connectivity index (χ0) is 14.0. The van der Waals surface area contributed by atoms with E-state index >= 15 is 0 Å². The number of aromatic nitrogens is 1. The van der Waals surface area contributed by atoms with E-state index in [4.69, 9.17) is 17.3 Å². The van der Waals surface area contributed by atoms with Gasteiger partial charge in [0.15, 0.2) is 0 Å². The van der Waals surface area contributed by atoms with Crippen molar-refractivity contribution in [2.75, 3.05) is 17.7 Å². The third kappa shape index (κ3) is 3.38. The van der Waals surface area contributed by atoms with Crippen LogP contribution < -0.4 is 10.6 Å². The van der Waals surface area contributed by atoms with Crippen molar-refractivity contribution in [1.82, 2.24) is 4.98 Å². The molecule has 1 heterocycles. The smallest absolute Gasteiger partial charge is 0.123 e. The molecule has 2 aromatic rings. The minimum atomic E-state index is 0.494. The first-order valence-corrected chi connectivity index (χ1v) is 6.54.